The standard InChI is InChI=1S/C16H19N5O8/c17-13(24)11-10(22)12(23)16(26,29-11)20-5-4-18-14(20)15(25)19-7-8-2-1-3-9(6-8)21(27)28/h1-6,10-13,22-24,26H,7,17H2,(H,19,25)/t10-,11+,12-,13?,16-/m1/s1. The van der Waals surface area contributed by atoms with Crippen LogP contribution in [-0.4, -0.2) is 65.3 Å². The number of hydrogen-bond acceptors (Lipinski definition) is 10. The van der Waals surface area contributed by atoms with Crippen LogP contribution in [0.25, 0.3) is 0 Å². The quantitative estimate of drug-likeness (QED) is 0.171. The van der Waals surface area contributed by atoms with E-state index in [-0.39, 0.29) is 18.1 Å². The number of nitrogens with one attached hydrogen (secondary N) is 1. The summed E-state index contributed by atoms with van der Waals surface area (Å²) in [4.78, 5) is 26.6. The van der Waals surface area contributed by atoms with Gasteiger partial charge in [-0.05, 0) is 5.56 Å². The smallest absolute Gasteiger partial charge is 0.287 e. The Labute approximate surface area is 163 Å². The van der Waals surface area contributed by atoms with E-state index in [1.54, 1.807) is 6.07 Å². The Hall–Kier alpha value is -2.94. The Kier molecular flexibility index (Phi) is 5.61. The second-order valence-corrected chi connectivity index (χ2v) is 6.40. The molecule has 0 saturated carbocycles. The lowest BCUT2D eigenvalue weighted by Crippen LogP contribution is -2.47. The van der Waals surface area contributed by atoms with E-state index in [2.05, 4.69) is 10.3 Å². The molecule has 1 aromatic carbocycles. The summed E-state index contributed by atoms with van der Waals surface area (Å²) < 4.78 is 5.91. The Balaban J connectivity index is 1.78. The molecule has 7 N–H and O–H groups in total. The fraction of sp³-hybridized carbons (Fsp3) is 0.375. The van der Waals surface area contributed by atoms with E-state index in [9.17, 15) is 35.3 Å². The topological polar surface area (TPSA) is 206 Å². The van der Waals surface area contributed by atoms with Crippen molar-refractivity contribution in [1.29, 1.82) is 0 Å². The lowest BCUT2D eigenvalue weighted by atomic mass is 10.1. The van der Waals surface area contributed by atoms with Crippen LogP contribution in [0.2, 0.25) is 0 Å². The molecule has 2 aromatic rings. The number of amides is 1. The van der Waals surface area contributed by atoms with Gasteiger partial charge in [-0.15, -0.1) is 0 Å². The number of carbonyl (C=O) groups excluding carboxylic acids is 1. The first-order valence-electron chi connectivity index (χ1n) is 8.40. The molecule has 1 saturated heterocycles. The van der Waals surface area contributed by atoms with Crippen molar-refractivity contribution in [2.24, 2.45) is 5.73 Å². The first-order chi connectivity index (χ1) is 13.6. The number of ether oxygens (including phenoxy) is 1. The third-order valence-corrected chi connectivity index (χ3v) is 4.45. The van der Waals surface area contributed by atoms with Crippen molar-refractivity contribution in [3.63, 3.8) is 0 Å². The van der Waals surface area contributed by atoms with Gasteiger partial charge in [-0.3, -0.25) is 19.5 Å². The van der Waals surface area contributed by atoms with Gasteiger partial charge in [0.25, 0.3) is 17.5 Å². The minimum Gasteiger partial charge on any atom is -0.387 e. The fourth-order valence-electron chi connectivity index (χ4n) is 2.98. The van der Waals surface area contributed by atoms with Gasteiger partial charge < -0.3 is 36.2 Å². The van der Waals surface area contributed by atoms with Crippen LogP contribution in [0.4, 0.5) is 5.69 Å². The highest BCUT2D eigenvalue weighted by Crippen LogP contribution is 2.35. The van der Waals surface area contributed by atoms with Crippen molar-refractivity contribution in [2.75, 3.05) is 0 Å². The molecule has 1 aliphatic rings. The van der Waals surface area contributed by atoms with Crippen LogP contribution in [0.3, 0.4) is 0 Å². The number of nitrogens with two attached hydrogens (primary N) is 1. The maximum atomic E-state index is 12.5. The Morgan fingerprint density at radius 2 is 2.21 bits per heavy atom. The van der Waals surface area contributed by atoms with Gasteiger partial charge in [0, 0.05) is 31.1 Å². The Morgan fingerprint density at radius 1 is 1.48 bits per heavy atom. The van der Waals surface area contributed by atoms with Gasteiger partial charge in [0.05, 0.1) is 4.92 Å². The van der Waals surface area contributed by atoms with Gasteiger partial charge in [0.15, 0.2) is 6.10 Å². The molecule has 3 rings (SSSR count). The summed E-state index contributed by atoms with van der Waals surface area (Å²) in [6.07, 6.45) is -4.62. The van der Waals surface area contributed by atoms with Crippen molar-refractivity contribution >= 4 is 11.6 Å². The summed E-state index contributed by atoms with van der Waals surface area (Å²) in [7, 11) is 0. The summed E-state index contributed by atoms with van der Waals surface area (Å²) in [6, 6.07) is 5.63. The molecule has 1 amide bonds. The SMILES string of the molecule is NC(O)[C@H]1O[C@@](O)(n2ccnc2C(=O)NCc2cccc([N+](=O)[O-])c2)[C@H](O)[C@@H]1O. The lowest BCUT2D eigenvalue weighted by Gasteiger charge is -2.28. The fourth-order valence-corrected chi connectivity index (χ4v) is 2.98. The first kappa shape index (κ1) is 20.8. The molecule has 1 unspecified atom stereocenters. The third-order valence-electron chi connectivity index (χ3n) is 4.45. The highest BCUT2D eigenvalue weighted by molar-refractivity contribution is 5.90. The molecule has 1 aromatic heterocycles. The number of aromatic nitrogens is 2. The van der Waals surface area contributed by atoms with E-state index < -0.39 is 41.3 Å². The Morgan fingerprint density at radius 3 is 2.83 bits per heavy atom. The largest absolute Gasteiger partial charge is 0.387 e. The van der Waals surface area contributed by atoms with E-state index in [1.165, 1.54) is 18.2 Å². The number of non-ortho nitro benzene ring substituents is 1. The molecular formula is C16H19N5O8. The highest BCUT2D eigenvalue weighted by Gasteiger charge is 2.57. The number of benzene rings is 1. The average molecular weight is 409 g/mol. The zero-order valence-electron chi connectivity index (χ0n) is 14.8. The van der Waals surface area contributed by atoms with Crippen molar-refractivity contribution in [3.8, 4) is 0 Å². The number of nitro benzene ring substituents is 1. The normalized spacial score (nSPS) is 27.6. The number of aliphatic hydroxyl groups excluding tert-OH is 3. The zero-order valence-corrected chi connectivity index (χ0v) is 14.8. The summed E-state index contributed by atoms with van der Waals surface area (Å²) in [5.41, 5.74) is 5.57. The number of nitrogens with zero attached hydrogens (tertiary/aromatic N) is 3. The van der Waals surface area contributed by atoms with E-state index in [4.69, 9.17) is 10.5 Å². The molecule has 1 aliphatic heterocycles. The monoisotopic (exact) mass is 409 g/mol. The minimum absolute atomic E-state index is 0.0814. The van der Waals surface area contributed by atoms with Crippen LogP contribution >= 0.6 is 0 Å². The van der Waals surface area contributed by atoms with Gasteiger partial charge in [0.1, 0.15) is 18.4 Å². The number of nitro groups is 1. The molecule has 0 spiro atoms. The Bertz CT molecular complexity index is 918. The minimum atomic E-state index is -2.61. The van der Waals surface area contributed by atoms with Gasteiger partial charge >= 0.3 is 0 Å². The first-order valence-corrected chi connectivity index (χ1v) is 8.40. The predicted molar refractivity (Wildman–Crippen MR) is 93.8 cm³/mol. The third kappa shape index (κ3) is 3.82. The number of imidazole rings is 1. The van der Waals surface area contributed by atoms with Crippen LogP contribution < -0.4 is 11.1 Å². The molecule has 5 atom stereocenters. The molecule has 0 bridgehead atoms. The van der Waals surface area contributed by atoms with E-state index in [0.717, 1.165) is 17.0 Å². The van der Waals surface area contributed by atoms with Crippen molar-refractivity contribution in [1.82, 2.24) is 14.9 Å². The lowest BCUT2D eigenvalue weighted by molar-refractivity contribution is -0.384. The number of aliphatic hydroxyl groups is 4. The van der Waals surface area contributed by atoms with Crippen molar-refractivity contribution < 1.29 is 34.9 Å². The molecule has 1 fully saturated rings. The van der Waals surface area contributed by atoms with E-state index in [0.29, 0.717) is 5.56 Å². The molecule has 0 aliphatic carbocycles. The van der Waals surface area contributed by atoms with Gasteiger partial charge in [0.2, 0.25) is 5.82 Å². The maximum absolute atomic E-state index is 12.5. The molecule has 13 heteroatoms. The summed E-state index contributed by atoms with van der Waals surface area (Å²) in [6.45, 7) is -0.0814. The molecular weight excluding hydrogens is 390 g/mol. The van der Waals surface area contributed by atoms with Crippen LogP contribution in [0.15, 0.2) is 36.7 Å². The summed E-state index contributed by atoms with van der Waals surface area (Å²) in [5, 5.41) is 53.6. The summed E-state index contributed by atoms with van der Waals surface area (Å²) in [5.74, 6) is -3.78. The molecule has 156 valence electrons. The molecule has 29 heavy (non-hydrogen) atoms. The van der Waals surface area contributed by atoms with E-state index in [1.807, 2.05) is 0 Å². The molecule has 2 heterocycles. The van der Waals surface area contributed by atoms with Crippen LogP contribution in [0.5, 0.6) is 0 Å². The number of hydrogen-bond donors (Lipinski definition) is 6. The van der Waals surface area contributed by atoms with Crippen LogP contribution in [-0.2, 0) is 17.2 Å². The van der Waals surface area contributed by atoms with Crippen LogP contribution in [0, 0.1) is 10.1 Å². The van der Waals surface area contributed by atoms with Crippen LogP contribution in [0.1, 0.15) is 16.2 Å². The maximum Gasteiger partial charge on any atom is 0.287 e. The van der Waals surface area contributed by atoms with Gasteiger partial charge in [-0.2, -0.15) is 0 Å². The van der Waals surface area contributed by atoms with Gasteiger partial charge in [-0.25, -0.2) is 4.98 Å². The number of carbonyl (C=O) groups is 1. The molecule has 0 radical (unpaired) electrons. The second-order valence-electron chi connectivity index (χ2n) is 6.40. The molecule has 13 nitrogen and oxygen atoms in total. The van der Waals surface area contributed by atoms with Crippen molar-refractivity contribution in [3.05, 3.63) is 58.2 Å². The average Bonchev–Trinajstić information content (AvgIpc) is 3.27. The van der Waals surface area contributed by atoms with Crippen molar-refractivity contribution in [2.45, 2.75) is 37.0 Å². The number of rotatable bonds is 6. The zero-order chi connectivity index (χ0) is 21.3. The van der Waals surface area contributed by atoms with Gasteiger partial charge in [-0.1, -0.05) is 12.1 Å². The predicted octanol–water partition coefficient (Wildman–Crippen LogP) is -2.28. The summed E-state index contributed by atoms with van der Waals surface area (Å²) >= 11 is 0. The van der Waals surface area contributed by atoms with E-state index >= 15 is 0 Å². The second kappa shape index (κ2) is 7.82. The highest BCUT2D eigenvalue weighted by atomic mass is 16.7.